The van der Waals surface area contributed by atoms with Gasteiger partial charge in [0.05, 0.1) is 11.6 Å². The van der Waals surface area contributed by atoms with Crippen LogP contribution in [-0.2, 0) is 6.54 Å². The molecule has 1 fully saturated rings. The number of hydrogen-bond acceptors (Lipinski definition) is 3. The van der Waals surface area contributed by atoms with E-state index in [0.717, 1.165) is 36.0 Å². The zero-order valence-corrected chi connectivity index (χ0v) is 11.0. The Labute approximate surface area is 108 Å². The number of nitriles is 1. The van der Waals surface area contributed by atoms with Gasteiger partial charge in [-0.15, -0.1) is 0 Å². The molecule has 0 N–H and O–H groups in total. The summed E-state index contributed by atoms with van der Waals surface area (Å²) in [6.07, 6.45) is 1.24. The molecule has 0 spiro atoms. The molecule has 0 aliphatic carbocycles. The molecule has 0 radical (unpaired) electrons. The fourth-order valence-corrected chi connectivity index (χ4v) is 3.43. The van der Waals surface area contributed by atoms with Gasteiger partial charge in [0.1, 0.15) is 0 Å². The van der Waals surface area contributed by atoms with Crippen LogP contribution in [0.15, 0.2) is 24.3 Å². The van der Waals surface area contributed by atoms with Gasteiger partial charge in [-0.3, -0.25) is 4.90 Å². The monoisotopic (exact) mass is 246 g/mol. The van der Waals surface area contributed by atoms with E-state index in [-0.39, 0.29) is 0 Å². The fourth-order valence-electron chi connectivity index (χ4n) is 2.18. The summed E-state index contributed by atoms with van der Waals surface area (Å²) >= 11 is 2.08. The highest BCUT2D eigenvalue weighted by Gasteiger charge is 2.19. The lowest BCUT2D eigenvalue weighted by Gasteiger charge is -2.32. The summed E-state index contributed by atoms with van der Waals surface area (Å²) in [5, 5.41) is 9.84. The molecule has 1 aromatic rings. The quantitative estimate of drug-likeness (QED) is 0.820. The Morgan fingerprint density at radius 1 is 1.47 bits per heavy atom. The largest absolute Gasteiger partial charge is 0.297 e. The number of nitrogens with zero attached hydrogens (tertiary/aromatic N) is 2. The summed E-state index contributed by atoms with van der Waals surface area (Å²) < 4.78 is 0. The Bertz CT molecular complexity index is 411. The fraction of sp³-hybridized carbons (Fsp3) is 0.500. The topological polar surface area (TPSA) is 27.0 Å². The number of rotatable bonds is 3. The van der Waals surface area contributed by atoms with Gasteiger partial charge in [0.15, 0.2) is 0 Å². The van der Waals surface area contributed by atoms with Crippen molar-refractivity contribution in [3.05, 3.63) is 35.4 Å². The molecule has 1 unspecified atom stereocenters. The molecule has 1 aliphatic rings. The van der Waals surface area contributed by atoms with Crippen LogP contribution < -0.4 is 0 Å². The normalized spacial score (nSPS) is 21.1. The van der Waals surface area contributed by atoms with Gasteiger partial charge >= 0.3 is 0 Å². The van der Waals surface area contributed by atoms with E-state index in [1.54, 1.807) is 0 Å². The van der Waals surface area contributed by atoms with Crippen LogP contribution in [0.25, 0.3) is 0 Å². The van der Waals surface area contributed by atoms with Crippen LogP contribution in [0.1, 0.15) is 24.5 Å². The summed E-state index contributed by atoms with van der Waals surface area (Å²) in [7, 11) is 0. The van der Waals surface area contributed by atoms with Crippen LogP contribution in [0.5, 0.6) is 0 Å². The van der Waals surface area contributed by atoms with Crippen molar-refractivity contribution >= 4 is 11.8 Å². The predicted molar refractivity (Wildman–Crippen MR) is 73.0 cm³/mol. The minimum atomic E-state index is 0.762. The van der Waals surface area contributed by atoms with Crippen molar-refractivity contribution in [1.82, 2.24) is 4.90 Å². The molecule has 1 saturated heterocycles. The van der Waals surface area contributed by atoms with E-state index in [0.29, 0.717) is 0 Å². The van der Waals surface area contributed by atoms with E-state index in [2.05, 4.69) is 35.7 Å². The standard InChI is InChI=1S/C14H18N2S/c1-2-14-11-16(7-8-17-14)10-13-6-4-3-5-12(13)9-15/h3-6,14H,2,7-8,10-11H2,1H3. The van der Waals surface area contributed by atoms with E-state index in [1.165, 1.54) is 12.2 Å². The molecule has 2 rings (SSSR count). The number of hydrogen-bond donors (Lipinski definition) is 0. The Morgan fingerprint density at radius 2 is 2.29 bits per heavy atom. The second-order valence-electron chi connectivity index (χ2n) is 4.41. The number of benzene rings is 1. The third kappa shape index (κ3) is 3.24. The highest BCUT2D eigenvalue weighted by Crippen LogP contribution is 2.22. The van der Waals surface area contributed by atoms with Crippen molar-refractivity contribution in [2.45, 2.75) is 25.1 Å². The molecule has 3 heteroatoms. The van der Waals surface area contributed by atoms with E-state index >= 15 is 0 Å². The van der Waals surface area contributed by atoms with Gasteiger partial charge < -0.3 is 0 Å². The minimum absolute atomic E-state index is 0.762. The average molecular weight is 246 g/mol. The highest BCUT2D eigenvalue weighted by atomic mass is 32.2. The molecule has 1 aliphatic heterocycles. The molecule has 1 atom stereocenters. The average Bonchev–Trinajstić information content (AvgIpc) is 2.39. The molecular weight excluding hydrogens is 228 g/mol. The van der Waals surface area contributed by atoms with Crippen molar-refractivity contribution in [3.63, 3.8) is 0 Å². The summed E-state index contributed by atoms with van der Waals surface area (Å²) in [4.78, 5) is 2.47. The van der Waals surface area contributed by atoms with Gasteiger partial charge in [0.25, 0.3) is 0 Å². The molecule has 0 bridgehead atoms. The molecular formula is C14H18N2S. The van der Waals surface area contributed by atoms with Crippen LogP contribution >= 0.6 is 11.8 Å². The van der Waals surface area contributed by atoms with Gasteiger partial charge in [0.2, 0.25) is 0 Å². The number of thioether (sulfide) groups is 1. The van der Waals surface area contributed by atoms with Crippen molar-refractivity contribution in [1.29, 1.82) is 5.26 Å². The zero-order chi connectivity index (χ0) is 12.1. The lowest BCUT2D eigenvalue weighted by atomic mass is 10.1. The summed E-state index contributed by atoms with van der Waals surface area (Å²) in [6.45, 7) is 5.47. The molecule has 0 amide bonds. The maximum atomic E-state index is 9.07. The Balaban J connectivity index is 2.03. The van der Waals surface area contributed by atoms with Gasteiger partial charge in [-0.1, -0.05) is 25.1 Å². The van der Waals surface area contributed by atoms with Gasteiger partial charge in [-0.05, 0) is 18.1 Å². The van der Waals surface area contributed by atoms with Crippen LogP contribution in [0.2, 0.25) is 0 Å². The molecule has 17 heavy (non-hydrogen) atoms. The van der Waals surface area contributed by atoms with E-state index in [4.69, 9.17) is 5.26 Å². The Morgan fingerprint density at radius 3 is 3.06 bits per heavy atom. The van der Waals surface area contributed by atoms with Gasteiger partial charge in [-0.25, -0.2) is 0 Å². The third-order valence-corrected chi connectivity index (χ3v) is 4.58. The van der Waals surface area contributed by atoms with Crippen molar-refractivity contribution in [3.8, 4) is 6.07 Å². The van der Waals surface area contributed by atoms with Crippen LogP contribution in [0.4, 0.5) is 0 Å². The van der Waals surface area contributed by atoms with Crippen molar-refractivity contribution in [2.75, 3.05) is 18.8 Å². The molecule has 1 aromatic carbocycles. The zero-order valence-electron chi connectivity index (χ0n) is 10.2. The lowest BCUT2D eigenvalue weighted by molar-refractivity contribution is 0.273. The second kappa shape index (κ2) is 6.09. The highest BCUT2D eigenvalue weighted by molar-refractivity contribution is 8.00. The molecule has 0 aromatic heterocycles. The van der Waals surface area contributed by atoms with Crippen molar-refractivity contribution in [2.24, 2.45) is 0 Å². The first kappa shape index (κ1) is 12.5. The van der Waals surface area contributed by atoms with E-state index in [1.807, 2.05) is 18.2 Å². The first-order chi connectivity index (χ1) is 8.33. The molecule has 1 heterocycles. The summed E-state index contributed by atoms with van der Waals surface area (Å²) in [5.74, 6) is 1.22. The summed E-state index contributed by atoms with van der Waals surface area (Å²) in [6, 6.07) is 10.2. The molecule has 0 saturated carbocycles. The first-order valence-corrected chi connectivity index (χ1v) is 7.20. The molecule has 2 nitrogen and oxygen atoms in total. The maximum absolute atomic E-state index is 9.07. The second-order valence-corrected chi connectivity index (χ2v) is 5.81. The SMILES string of the molecule is CCC1CN(Cc2ccccc2C#N)CCS1. The van der Waals surface area contributed by atoms with Crippen LogP contribution in [0, 0.1) is 11.3 Å². The minimum Gasteiger partial charge on any atom is -0.297 e. The van der Waals surface area contributed by atoms with E-state index in [9.17, 15) is 0 Å². The van der Waals surface area contributed by atoms with Crippen molar-refractivity contribution < 1.29 is 0 Å². The third-order valence-electron chi connectivity index (χ3n) is 3.21. The Kier molecular flexibility index (Phi) is 4.47. The van der Waals surface area contributed by atoms with Gasteiger partial charge in [0, 0.05) is 30.6 Å². The van der Waals surface area contributed by atoms with Crippen LogP contribution in [-0.4, -0.2) is 29.0 Å². The van der Waals surface area contributed by atoms with E-state index < -0.39 is 0 Å². The van der Waals surface area contributed by atoms with Gasteiger partial charge in [-0.2, -0.15) is 17.0 Å². The maximum Gasteiger partial charge on any atom is 0.0995 e. The van der Waals surface area contributed by atoms with Crippen LogP contribution in [0.3, 0.4) is 0 Å². The first-order valence-electron chi connectivity index (χ1n) is 6.15. The smallest absolute Gasteiger partial charge is 0.0995 e. The lowest BCUT2D eigenvalue weighted by Crippen LogP contribution is -2.37. The Hall–Kier alpha value is -0.980. The summed E-state index contributed by atoms with van der Waals surface area (Å²) in [5.41, 5.74) is 1.98. The predicted octanol–water partition coefficient (Wildman–Crippen LogP) is 2.89. The molecule has 90 valence electrons.